The van der Waals surface area contributed by atoms with Crippen molar-refractivity contribution in [2.45, 2.75) is 25.8 Å². The third-order valence-corrected chi connectivity index (χ3v) is 3.55. The molecule has 0 heterocycles. The third kappa shape index (κ3) is 4.09. The Bertz CT molecular complexity index is 564. The molecule has 1 N–H and O–H groups in total. The van der Waals surface area contributed by atoms with Gasteiger partial charge in [-0.15, -0.1) is 0 Å². The number of amides is 1. The molecule has 0 radical (unpaired) electrons. The van der Waals surface area contributed by atoms with Crippen LogP contribution in [0.5, 0.6) is 5.75 Å². The third-order valence-electron chi connectivity index (χ3n) is 3.55. The number of methoxy groups -OCH3 is 1. The number of hydrogen-bond donors (Lipinski definition) is 1. The van der Waals surface area contributed by atoms with Crippen LogP contribution in [0.2, 0.25) is 0 Å². The van der Waals surface area contributed by atoms with E-state index in [1.807, 2.05) is 61.5 Å². The molecule has 1 amide bonds. The highest BCUT2D eigenvalue weighted by Crippen LogP contribution is 2.19. The standard InChI is InChI=1S/C18H21NO2/c1-3-17(15-7-5-4-6-8-15)18(20)19-13-14-9-11-16(21-2)12-10-14/h4-12,17H,3,13H2,1-2H3,(H,19,20)/t17-/m1/s1. The van der Waals surface area contributed by atoms with Crippen molar-refractivity contribution in [2.24, 2.45) is 0 Å². The number of rotatable bonds is 6. The van der Waals surface area contributed by atoms with Gasteiger partial charge in [-0.25, -0.2) is 0 Å². The molecule has 0 spiro atoms. The molecule has 0 aliphatic rings. The van der Waals surface area contributed by atoms with E-state index in [9.17, 15) is 4.79 Å². The van der Waals surface area contributed by atoms with E-state index in [-0.39, 0.29) is 11.8 Å². The number of carbonyl (C=O) groups excluding carboxylic acids is 1. The van der Waals surface area contributed by atoms with Crippen molar-refractivity contribution < 1.29 is 9.53 Å². The van der Waals surface area contributed by atoms with Gasteiger partial charge in [0.2, 0.25) is 5.91 Å². The van der Waals surface area contributed by atoms with Crippen LogP contribution in [-0.2, 0) is 11.3 Å². The van der Waals surface area contributed by atoms with Gasteiger partial charge in [-0.05, 0) is 29.7 Å². The summed E-state index contributed by atoms with van der Waals surface area (Å²) in [7, 11) is 1.64. The van der Waals surface area contributed by atoms with Crippen molar-refractivity contribution in [3.05, 3.63) is 65.7 Å². The van der Waals surface area contributed by atoms with Crippen LogP contribution in [0.4, 0.5) is 0 Å². The second-order valence-corrected chi connectivity index (χ2v) is 4.94. The first kappa shape index (κ1) is 15.1. The van der Waals surface area contributed by atoms with E-state index in [0.29, 0.717) is 6.54 Å². The van der Waals surface area contributed by atoms with Crippen molar-refractivity contribution in [1.82, 2.24) is 5.32 Å². The molecule has 2 aromatic rings. The molecule has 2 aromatic carbocycles. The van der Waals surface area contributed by atoms with Crippen LogP contribution >= 0.6 is 0 Å². The topological polar surface area (TPSA) is 38.3 Å². The van der Waals surface area contributed by atoms with Gasteiger partial charge in [0.25, 0.3) is 0 Å². The Labute approximate surface area is 126 Å². The summed E-state index contributed by atoms with van der Waals surface area (Å²) in [5, 5.41) is 3.01. The molecule has 0 saturated heterocycles. The molecule has 0 aliphatic heterocycles. The minimum Gasteiger partial charge on any atom is -0.497 e. The number of carbonyl (C=O) groups is 1. The zero-order valence-corrected chi connectivity index (χ0v) is 12.5. The maximum atomic E-state index is 12.3. The maximum absolute atomic E-state index is 12.3. The molecule has 0 saturated carbocycles. The van der Waals surface area contributed by atoms with Gasteiger partial charge in [0.1, 0.15) is 5.75 Å². The second kappa shape index (κ2) is 7.48. The van der Waals surface area contributed by atoms with Gasteiger partial charge in [-0.2, -0.15) is 0 Å². The highest BCUT2D eigenvalue weighted by atomic mass is 16.5. The molecule has 1 atom stereocenters. The summed E-state index contributed by atoms with van der Waals surface area (Å²) in [6.07, 6.45) is 0.790. The first-order valence-corrected chi connectivity index (χ1v) is 7.20. The van der Waals surface area contributed by atoms with Crippen LogP contribution in [0.1, 0.15) is 30.4 Å². The van der Waals surface area contributed by atoms with Crippen molar-refractivity contribution in [2.75, 3.05) is 7.11 Å². The van der Waals surface area contributed by atoms with Crippen molar-refractivity contribution >= 4 is 5.91 Å². The molecular weight excluding hydrogens is 262 g/mol. The minimum atomic E-state index is -0.0931. The van der Waals surface area contributed by atoms with E-state index >= 15 is 0 Å². The van der Waals surface area contributed by atoms with Gasteiger partial charge in [-0.1, -0.05) is 49.4 Å². The quantitative estimate of drug-likeness (QED) is 0.881. The summed E-state index contributed by atoms with van der Waals surface area (Å²) >= 11 is 0. The monoisotopic (exact) mass is 283 g/mol. The summed E-state index contributed by atoms with van der Waals surface area (Å²) < 4.78 is 5.12. The Morgan fingerprint density at radius 1 is 1.10 bits per heavy atom. The van der Waals surface area contributed by atoms with Crippen molar-refractivity contribution in [3.63, 3.8) is 0 Å². The van der Waals surface area contributed by atoms with Gasteiger partial charge < -0.3 is 10.1 Å². The predicted molar refractivity (Wildman–Crippen MR) is 84.3 cm³/mol. The summed E-state index contributed by atoms with van der Waals surface area (Å²) in [5.41, 5.74) is 2.12. The van der Waals surface area contributed by atoms with E-state index in [2.05, 4.69) is 5.32 Å². The predicted octanol–water partition coefficient (Wildman–Crippen LogP) is 3.51. The molecule has 2 rings (SSSR count). The molecular formula is C18H21NO2. The Morgan fingerprint density at radius 2 is 1.76 bits per heavy atom. The summed E-state index contributed by atoms with van der Waals surface area (Å²) in [5.74, 6) is 0.796. The van der Waals surface area contributed by atoms with Crippen LogP contribution in [0.3, 0.4) is 0 Å². The number of benzene rings is 2. The van der Waals surface area contributed by atoms with E-state index in [0.717, 1.165) is 23.3 Å². The van der Waals surface area contributed by atoms with Crippen molar-refractivity contribution in [1.29, 1.82) is 0 Å². The summed E-state index contributed by atoms with van der Waals surface area (Å²) in [4.78, 5) is 12.3. The summed E-state index contributed by atoms with van der Waals surface area (Å²) in [6, 6.07) is 17.6. The van der Waals surface area contributed by atoms with E-state index < -0.39 is 0 Å². The number of ether oxygens (including phenoxy) is 1. The average molecular weight is 283 g/mol. The lowest BCUT2D eigenvalue weighted by Crippen LogP contribution is -2.28. The highest BCUT2D eigenvalue weighted by molar-refractivity contribution is 5.83. The Balaban J connectivity index is 1.96. The van der Waals surface area contributed by atoms with Gasteiger partial charge in [0.15, 0.2) is 0 Å². The normalized spacial score (nSPS) is 11.7. The smallest absolute Gasteiger partial charge is 0.227 e. The fraction of sp³-hybridized carbons (Fsp3) is 0.278. The van der Waals surface area contributed by atoms with Gasteiger partial charge in [0.05, 0.1) is 13.0 Å². The largest absolute Gasteiger partial charge is 0.497 e. The van der Waals surface area contributed by atoms with Gasteiger partial charge in [0, 0.05) is 6.54 Å². The fourth-order valence-electron chi connectivity index (χ4n) is 2.31. The Hall–Kier alpha value is -2.29. The minimum absolute atomic E-state index is 0.0690. The Morgan fingerprint density at radius 3 is 2.33 bits per heavy atom. The first-order valence-electron chi connectivity index (χ1n) is 7.20. The highest BCUT2D eigenvalue weighted by Gasteiger charge is 2.17. The Kier molecular flexibility index (Phi) is 5.38. The van der Waals surface area contributed by atoms with Crippen LogP contribution < -0.4 is 10.1 Å². The summed E-state index contributed by atoms with van der Waals surface area (Å²) in [6.45, 7) is 2.57. The van der Waals surface area contributed by atoms with E-state index in [1.165, 1.54) is 0 Å². The number of nitrogens with one attached hydrogen (secondary N) is 1. The number of hydrogen-bond acceptors (Lipinski definition) is 2. The zero-order valence-electron chi connectivity index (χ0n) is 12.5. The maximum Gasteiger partial charge on any atom is 0.227 e. The lowest BCUT2D eigenvalue weighted by Gasteiger charge is -2.15. The van der Waals surface area contributed by atoms with E-state index in [1.54, 1.807) is 7.11 Å². The van der Waals surface area contributed by atoms with Crippen LogP contribution in [0.25, 0.3) is 0 Å². The first-order chi connectivity index (χ1) is 10.2. The molecule has 110 valence electrons. The molecule has 0 unspecified atom stereocenters. The van der Waals surface area contributed by atoms with Crippen LogP contribution in [-0.4, -0.2) is 13.0 Å². The fourth-order valence-corrected chi connectivity index (χ4v) is 2.31. The molecule has 0 aromatic heterocycles. The van der Waals surface area contributed by atoms with Crippen molar-refractivity contribution in [3.8, 4) is 5.75 Å². The molecule has 0 bridgehead atoms. The van der Waals surface area contributed by atoms with Crippen LogP contribution in [0.15, 0.2) is 54.6 Å². The lowest BCUT2D eigenvalue weighted by molar-refractivity contribution is -0.122. The van der Waals surface area contributed by atoms with Crippen LogP contribution in [0, 0.1) is 0 Å². The molecule has 21 heavy (non-hydrogen) atoms. The van der Waals surface area contributed by atoms with E-state index in [4.69, 9.17) is 4.74 Å². The average Bonchev–Trinajstić information content (AvgIpc) is 2.55. The van der Waals surface area contributed by atoms with Gasteiger partial charge in [-0.3, -0.25) is 4.79 Å². The molecule has 3 nitrogen and oxygen atoms in total. The molecule has 0 fully saturated rings. The van der Waals surface area contributed by atoms with Gasteiger partial charge >= 0.3 is 0 Å². The molecule has 0 aliphatic carbocycles. The second-order valence-electron chi connectivity index (χ2n) is 4.94. The lowest BCUT2D eigenvalue weighted by atomic mass is 9.95. The zero-order chi connectivity index (χ0) is 15.1. The SMILES string of the molecule is CC[C@@H](C(=O)NCc1ccc(OC)cc1)c1ccccc1. The molecule has 3 heteroatoms.